The van der Waals surface area contributed by atoms with Crippen LogP contribution >= 0.6 is 0 Å². The van der Waals surface area contributed by atoms with Gasteiger partial charge in [0.05, 0.1) is 0 Å². The molecule has 5 heteroatoms. The number of carbonyl (C=O) groups excluding carboxylic acids is 1. The van der Waals surface area contributed by atoms with Crippen LogP contribution in [-0.2, 0) is 13.0 Å². The number of Topliss-reactive ketones (excluding diaryl/α,β-unsaturated/α-hetero) is 1. The fraction of sp³-hybridized carbons (Fsp3) is 0.357. The number of nitrogens with zero attached hydrogens (tertiary/aromatic N) is 2. The predicted molar refractivity (Wildman–Crippen MR) is 69.1 cm³/mol. The molecular formula is C14H16N2O3. The molecule has 1 aromatic carbocycles. The molecule has 0 aliphatic heterocycles. The Morgan fingerprint density at radius 1 is 1.26 bits per heavy atom. The number of ketones is 1. The topological polar surface area (TPSA) is 65.2 Å². The van der Waals surface area contributed by atoms with E-state index in [0.717, 1.165) is 6.42 Å². The summed E-state index contributed by atoms with van der Waals surface area (Å²) in [6, 6.07) is 7.04. The van der Waals surface area contributed by atoms with Crippen LogP contribution in [0.3, 0.4) is 0 Å². The monoisotopic (exact) mass is 260 g/mol. The number of benzene rings is 1. The second-order valence-corrected chi connectivity index (χ2v) is 4.05. The van der Waals surface area contributed by atoms with E-state index in [9.17, 15) is 4.79 Å². The van der Waals surface area contributed by atoms with Gasteiger partial charge >= 0.3 is 0 Å². The van der Waals surface area contributed by atoms with Crippen LogP contribution in [0.25, 0.3) is 0 Å². The van der Waals surface area contributed by atoms with Crippen molar-refractivity contribution in [2.45, 2.75) is 33.3 Å². The first kappa shape index (κ1) is 13.3. The molecule has 0 atom stereocenters. The standard InChI is InChI=1S/C14H16N2O3/c1-3-12(17)10-5-7-11(8-6-10)18-9-14-15-13(4-2)16-19-14/h5-8H,3-4,9H2,1-2H3. The van der Waals surface area contributed by atoms with Crippen molar-refractivity contribution in [3.05, 3.63) is 41.5 Å². The van der Waals surface area contributed by atoms with Gasteiger partial charge in [-0.2, -0.15) is 4.98 Å². The second kappa shape index (κ2) is 6.13. The molecule has 0 saturated carbocycles. The van der Waals surface area contributed by atoms with Crippen molar-refractivity contribution in [1.82, 2.24) is 10.1 Å². The third kappa shape index (κ3) is 3.40. The van der Waals surface area contributed by atoms with Crippen LogP contribution in [0.2, 0.25) is 0 Å². The Labute approximate surface area is 111 Å². The van der Waals surface area contributed by atoms with E-state index in [1.54, 1.807) is 24.3 Å². The van der Waals surface area contributed by atoms with E-state index >= 15 is 0 Å². The molecule has 2 rings (SSSR count). The number of aryl methyl sites for hydroxylation is 1. The summed E-state index contributed by atoms with van der Waals surface area (Å²) in [4.78, 5) is 15.6. The lowest BCUT2D eigenvalue weighted by molar-refractivity contribution is 0.0988. The van der Waals surface area contributed by atoms with E-state index in [0.29, 0.717) is 29.4 Å². The number of rotatable bonds is 6. The molecule has 0 unspecified atom stereocenters. The van der Waals surface area contributed by atoms with Gasteiger partial charge in [-0.3, -0.25) is 4.79 Å². The molecule has 0 aliphatic rings. The van der Waals surface area contributed by atoms with Crippen LogP contribution in [0, 0.1) is 0 Å². The largest absolute Gasteiger partial charge is 0.484 e. The Morgan fingerprint density at radius 2 is 2.00 bits per heavy atom. The molecule has 0 amide bonds. The van der Waals surface area contributed by atoms with Gasteiger partial charge in [-0.25, -0.2) is 0 Å². The van der Waals surface area contributed by atoms with Gasteiger partial charge in [0.1, 0.15) is 5.75 Å². The highest BCUT2D eigenvalue weighted by Crippen LogP contribution is 2.15. The summed E-state index contributed by atoms with van der Waals surface area (Å²) in [5.74, 6) is 1.91. The van der Waals surface area contributed by atoms with Gasteiger partial charge in [0.2, 0.25) is 0 Å². The average molecular weight is 260 g/mol. The molecule has 5 nitrogen and oxygen atoms in total. The third-order valence-electron chi connectivity index (χ3n) is 2.69. The lowest BCUT2D eigenvalue weighted by Gasteiger charge is -2.03. The van der Waals surface area contributed by atoms with Crippen LogP contribution in [0.1, 0.15) is 42.3 Å². The molecule has 0 fully saturated rings. The van der Waals surface area contributed by atoms with E-state index in [1.807, 2.05) is 13.8 Å². The summed E-state index contributed by atoms with van der Waals surface area (Å²) in [7, 11) is 0. The average Bonchev–Trinajstić information content (AvgIpc) is 2.93. The molecule has 100 valence electrons. The molecule has 2 aromatic rings. The first-order chi connectivity index (χ1) is 9.22. The van der Waals surface area contributed by atoms with Crippen molar-refractivity contribution in [2.75, 3.05) is 0 Å². The smallest absolute Gasteiger partial charge is 0.264 e. The van der Waals surface area contributed by atoms with E-state index in [-0.39, 0.29) is 12.4 Å². The summed E-state index contributed by atoms with van der Waals surface area (Å²) < 4.78 is 10.5. The quantitative estimate of drug-likeness (QED) is 0.747. The molecular weight excluding hydrogens is 244 g/mol. The zero-order chi connectivity index (χ0) is 13.7. The van der Waals surface area contributed by atoms with Gasteiger partial charge in [-0.05, 0) is 24.3 Å². The van der Waals surface area contributed by atoms with Gasteiger partial charge in [0.15, 0.2) is 18.2 Å². The molecule has 0 radical (unpaired) electrons. The van der Waals surface area contributed by atoms with Gasteiger partial charge in [-0.1, -0.05) is 19.0 Å². The summed E-state index contributed by atoms with van der Waals surface area (Å²) >= 11 is 0. The maximum Gasteiger partial charge on any atom is 0.264 e. The number of carbonyl (C=O) groups is 1. The van der Waals surface area contributed by atoms with Gasteiger partial charge < -0.3 is 9.26 Å². The Balaban J connectivity index is 1.94. The highest BCUT2D eigenvalue weighted by molar-refractivity contribution is 5.95. The molecule has 1 heterocycles. The maximum absolute atomic E-state index is 11.5. The minimum atomic E-state index is 0.121. The Morgan fingerprint density at radius 3 is 2.58 bits per heavy atom. The Bertz CT molecular complexity index is 546. The van der Waals surface area contributed by atoms with E-state index in [4.69, 9.17) is 9.26 Å². The van der Waals surface area contributed by atoms with Crippen LogP contribution < -0.4 is 4.74 Å². The van der Waals surface area contributed by atoms with Crippen LogP contribution in [-0.4, -0.2) is 15.9 Å². The van der Waals surface area contributed by atoms with Crippen molar-refractivity contribution >= 4 is 5.78 Å². The van der Waals surface area contributed by atoms with E-state index in [1.165, 1.54) is 0 Å². The van der Waals surface area contributed by atoms with Crippen LogP contribution in [0.15, 0.2) is 28.8 Å². The highest BCUT2D eigenvalue weighted by Gasteiger charge is 2.06. The summed E-state index contributed by atoms with van der Waals surface area (Å²) in [5.41, 5.74) is 0.695. The minimum absolute atomic E-state index is 0.121. The second-order valence-electron chi connectivity index (χ2n) is 4.05. The van der Waals surface area contributed by atoms with E-state index in [2.05, 4.69) is 10.1 Å². The molecule has 0 saturated heterocycles. The number of hydrogen-bond acceptors (Lipinski definition) is 5. The van der Waals surface area contributed by atoms with E-state index < -0.39 is 0 Å². The van der Waals surface area contributed by atoms with Gasteiger partial charge in [0.25, 0.3) is 5.89 Å². The Kier molecular flexibility index (Phi) is 4.28. The van der Waals surface area contributed by atoms with Crippen molar-refractivity contribution in [3.63, 3.8) is 0 Å². The molecule has 0 spiro atoms. The zero-order valence-electron chi connectivity index (χ0n) is 11.0. The van der Waals surface area contributed by atoms with Crippen molar-refractivity contribution in [1.29, 1.82) is 0 Å². The molecule has 0 aliphatic carbocycles. The molecule has 19 heavy (non-hydrogen) atoms. The third-order valence-corrected chi connectivity index (χ3v) is 2.69. The first-order valence-corrected chi connectivity index (χ1v) is 6.30. The lowest BCUT2D eigenvalue weighted by Crippen LogP contribution is -1.98. The summed E-state index contributed by atoms with van der Waals surface area (Å²) in [6.07, 6.45) is 1.24. The predicted octanol–water partition coefficient (Wildman–Crippen LogP) is 2.80. The number of aromatic nitrogens is 2. The van der Waals surface area contributed by atoms with Gasteiger partial charge in [0, 0.05) is 18.4 Å². The number of ether oxygens (including phenoxy) is 1. The van der Waals surface area contributed by atoms with Crippen LogP contribution in [0.4, 0.5) is 0 Å². The fourth-order valence-electron chi connectivity index (χ4n) is 1.58. The van der Waals surface area contributed by atoms with Gasteiger partial charge in [-0.15, -0.1) is 0 Å². The summed E-state index contributed by atoms with van der Waals surface area (Å²) in [6.45, 7) is 4.03. The van der Waals surface area contributed by atoms with Crippen molar-refractivity contribution in [3.8, 4) is 5.75 Å². The first-order valence-electron chi connectivity index (χ1n) is 6.30. The van der Waals surface area contributed by atoms with Crippen molar-refractivity contribution in [2.24, 2.45) is 0 Å². The molecule has 1 aromatic heterocycles. The highest BCUT2D eigenvalue weighted by atomic mass is 16.5. The fourth-order valence-corrected chi connectivity index (χ4v) is 1.58. The normalized spacial score (nSPS) is 10.4. The maximum atomic E-state index is 11.5. The lowest BCUT2D eigenvalue weighted by atomic mass is 10.1. The molecule has 0 N–H and O–H groups in total. The number of hydrogen-bond donors (Lipinski definition) is 0. The van der Waals surface area contributed by atoms with Crippen LogP contribution in [0.5, 0.6) is 5.75 Å². The summed E-state index contributed by atoms with van der Waals surface area (Å²) in [5, 5.41) is 3.78. The Hall–Kier alpha value is -2.17. The minimum Gasteiger partial charge on any atom is -0.484 e. The SMILES string of the molecule is CCC(=O)c1ccc(OCc2nc(CC)no2)cc1. The van der Waals surface area contributed by atoms with Crippen molar-refractivity contribution < 1.29 is 14.1 Å². The zero-order valence-corrected chi connectivity index (χ0v) is 11.0. The molecule has 0 bridgehead atoms.